The molecule has 5 heteroatoms. The molecule has 1 saturated heterocycles. The molecule has 3 aromatic carbocycles. The summed E-state index contributed by atoms with van der Waals surface area (Å²) in [6.07, 6.45) is 4.02. The number of carbonyl (C=O) groups excluding carboxylic acids is 1. The van der Waals surface area contributed by atoms with Crippen molar-refractivity contribution >= 4 is 5.97 Å². The van der Waals surface area contributed by atoms with Gasteiger partial charge in [0.15, 0.2) is 0 Å². The highest BCUT2D eigenvalue weighted by Crippen LogP contribution is 2.39. The molecule has 5 nitrogen and oxygen atoms in total. The molecule has 0 unspecified atom stereocenters. The van der Waals surface area contributed by atoms with Crippen molar-refractivity contribution in [2.45, 2.75) is 49.9 Å². The molecule has 0 bridgehead atoms. The maximum Gasteiger partial charge on any atom is 0.316 e. The lowest BCUT2D eigenvalue weighted by Crippen LogP contribution is -2.49. The first-order valence-corrected chi connectivity index (χ1v) is 13.1. The summed E-state index contributed by atoms with van der Waals surface area (Å²) >= 11 is 0. The number of likely N-dealkylation sites (tertiary alicyclic amines) is 1. The zero-order valence-corrected chi connectivity index (χ0v) is 21.9. The Hall–Kier alpha value is -3.46. The normalized spacial score (nSPS) is 15.2. The second-order valence-electron chi connectivity index (χ2n) is 9.78. The molecule has 0 aromatic heterocycles. The van der Waals surface area contributed by atoms with E-state index in [0.29, 0.717) is 13.0 Å². The Kier molecular flexibility index (Phi) is 10.0. The van der Waals surface area contributed by atoms with Crippen LogP contribution in [0.3, 0.4) is 0 Å². The van der Waals surface area contributed by atoms with E-state index in [4.69, 9.17) is 4.74 Å². The standard InChI is InChI=1S/C32H36N2O2.H3N/c1-2-3-25-36-30(35)31(27-13-7-4-8-14-27)19-22-34(23-20-31)24-21-32(26-33,28-15-9-5-10-16-28)29-17-11-6-12-18-29;/h4-18H,2-3,19-25H2,1H3;1H3. The largest absolute Gasteiger partial charge is 0.465 e. The molecule has 4 rings (SSSR count). The van der Waals surface area contributed by atoms with Gasteiger partial charge in [0.2, 0.25) is 0 Å². The Balaban J connectivity index is 0.00000380. The fourth-order valence-corrected chi connectivity index (χ4v) is 5.39. The quantitative estimate of drug-likeness (QED) is 0.258. The fraction of sp³-hybridized carbons (Fsp3) is 0.375. The molecule has 1 fully saturated rings. The number of ether oxygens (including phenoxy) is 1. The summed E-state index contributed by atoms with van der Waals surface area (Å²) in [5, 5.41) is 10.5. The van der Waals surface area contributed by atoms with Gasteiger partial charge in [0.05, 0.1) is 18.1 Å². The molecular formula is C32H39N3O2. The first-order chi connectivity index (χ1) is 17.6. The van der Waals surface area contributed by atoms with Crippen LogP contribution in [-0.4, -0.2) is 37.1 Å². The maximum absolute atomic E-state index is 13.4. The molecule has 194 valence electrons. The van der Waals surface area contributed by atoms with Gasteiger partial charge in [0.1, 0.15) is 5.41 Å². The van der Waals surface area contributed by atoms with Crippen LogP contribution in [0.2, 0.25) is 0 Å². The topological polar surface area (TPSA) is 88.3 Å². The van der Waals surface area contributed by atoms with E-state index in [1.54, 1.807) is 0 Å². The predicted molar refractivity (Wildman–Crippen MR) is 149 cm³/mol. The van der Waals surface area contributed by atoms with Gasteiger partial charge in [-0.2, -0.15) is 5.26 Å². The van der Waals surface area contributed by atoms with Crippen molar-refractivity contribution in [3.8, 4) is 6.07 Å². The Morgan fingerprint density at radius 1 is 0.919 bits per heavy atom. The molecule has 0 saturated carbocycles. The number of piperidine rings is 1. The summed E-state index contributed by atoms with van der Waals surface area (Å²) in [7, 11) is 0. The van der Waals surface area contributed by atoms with Crippen LogP contribution < -0.4 is 6.15 Å². The number of rotatable bonds is 10. The Labute approximate surface area is 221 Å². The summed E-state index contributed by atoms with van der Waals surface area (Å²) < 4.78 is 5.76. The average molecular weight is 498 g/mol. The van der Waals surface area contributed by atoms with Crippen LogP contribution in [0, 0.1) is 11.3 Å². The van der Waals surface area contributed by atoms with E-state index in [0.717, 1.165) is 62.0 Å². The number of unbranched alkanes of at least 4 members (excludes halogenated alkanes) is 1. The van der Waals surface area contributed by atoms with Crippen LogP contribution in [0.25, 0.3) is 0 Å². The molecule has 37 heavy (non-hydrogen) atoms. The van der Waals surface area contributed by atoms with Crippen molar-refractivity contribution in [1.82, 2.24) is 11.1 Å². The van der Waals surface area contributed by atoms with Gasteiger partial charge in [-0.05, 0) is 55.5 Å². The van der Waals surface area contributed by atoms with Gasteiger partial charge in [-0.25, -0.2) is 0 Å². The summed E-state index contributed by atoms with van der Waals surface area (Å²) in [5.41, 5.74) is 1.78. The first kappa shape index (κ1) is 28.1. The van der Waals surface area contributed by atoms with Crippen molar-refractivity contribution in [3.63, 3.8) is 0 Å². The van der Waals surface area contributed by atoms with Gasteiger partial charge >= 0.3 is 5.97 Å². The van der Waals surface area contributed by atoms with Crippen LogP contribution in [0.1, 0.15) is 55.7 Å². The third-order valence-corrected chi connectivity index (χ3v) is 7.68. The lowest BCUT2D eigenvalue weighted by atomic mass is 9.71. The van der Waals surface area contributed by atoms with Gasteiger partial charge in [0, 0.05) is 6.54 Å². The van der Waals surface area contributed by atoms with Crippen molar-refractivity contribution in [2.24, 2.45) is 0 Å². The van der Waals surface area contributed by atoms with Crippen molar-refractivity contribution in [2.75, 3.05) is 26.2 Å². The zero-order chi connectivity index (χ0) is 25.3. The molecular weight excluding hydrogens is 458 g/mol. The van der Waals surface area contributed by atoms with Gasteiger partial charge < -0.3 is 15.8 Å². The summed E-state index contributed by atoms with van der Waals surface area (Å²) in [6.45, 7) is 4.96. The van der Waals surface area contributed by atoms with Gasteiger partial charge in [-0.15, -0.1) is 0 Å². The maximum atomic E-state index is 13.4. The van der Waals surface area contributed by atoms with Crippen molar-refractivity contribution in [3.05, 3.63) is 108 Å². The minimum absolute atomic E-state index is 0. The molecule has 1 heterocycles. The minimum Gasteiger partial charge on any atom is -0.465 e. The van der Waals surface area contributed by atoms with Gasteiger partial charge in [-0.1, -0.05) is 104 Å². The lowest BCUT2D eigenvalue weighted by Gasteiger charge is -2.41. The molecule has 0 amide bonds. The van der Waals surface area contributed by atoms with E-state index < -0.39 is 10.8 Å². The van der Waals surface area contributed by atoms with Crippen LogP contribution >= 0.6 is 0 Å². The molecule has 0 atom stereocenters. The van der Waals surface area contributed by atoms with Gasteiger partial charge in [0.25, 0.3) is 0 Å². The number of esters is 1. The zero-order valence-electron chi connectivity index (χ0n) is 21.9. The summed E-state index contributed by atoms with van der Waals surface area (Å²) in [4.78, 5) is 15.8. The number of nitrogens with zero attached hydrogens (tertiary/aromatic N) is 2. The van der Waals surface area contributed by atoms with E-state index in [1.807, 2.05) is 54.6 Å². The Bertz CT molecular complexity index is 1100. The minimum atomic E-state index is -0.713. The Morgan fingerprint density at radius 2 is 1.43 bits per heavy atom. The van der Waals surface area contributed by atoms with Crippen LogP contribution in [-0.2, 0) is 20.4 Å². The van der Waals surface area contributed by atoms with Crippen molar-refractivity contribution in [1.29, 1.82) is 5.26 Å². The van der Waals surface area contributed by atoms with E-state index >= 15 is 0 Å². The summed E-state index contributed by atoms with van der Waals surface area (Å²) in [6, 6.07) is 33.0. The number of nitriles is 1. The smallest absolute Gasteiger partial charge is 0.316 e. The lowest BCUT2D eigenvalue weighted by molar-refractivity contribution is -0.153. The first-order valence-electron chi connectivity index (χ1n) is 13.1. The van der Waals surface area contributed by atoms with E-state index in [-0.39, 0.29) is 12.1 Å². The molecule has 0 spiro atoms. The molecule has 3 N–H and O–H groups in total. The number of hydrogen-bond donors (Lipinski definition) is 1. The average Bonchev–Trinajstić information content (AvgIpc) is 2.96. The van der Waals surface area contributed by atoms with Gasteiger partial charge in [-0.3, -0.25) is 4.79 Å². The SMILES string of the molecule is CCCCOC(=O)C1(c2ccccc2)CCN(CCC(C#N)(c2ccccc2)c2ccccc2)CC1.N. The molecule has 3 aromatic rings. The third-order valence-electron chi connectivity index (χ3n) is 7.68. The molecule has 0 radical (unpaired) electrons. The fourth-order valence-electron chi connectivity index (χ4n) is 5.39. The van der Waals surface area contributed by atoms with Crippen LogP contribution in [0.5, 0.6) is 0 Å². The third kappa shape index (κ3) is 6.10. The number of carbonyl (C=O) groups is 1. The Morgan fingerprint density at radius 3 is 1.92 bits per heavy atom. The highest BCUT2D eigenvalue weighted by molar-refractivity contribution is 5.83. The van der Waals surface area contributed by atoms with Crippen LogP contribution in [0.4, 0.5) is 0 Å². The predicted octanol–water partition coefficient (Wildman–Crippen LogP) is 6.43. The molecule has 1 aliphatic rings. The molecule has 1 aliphatic heterocycles. The van der Waals surface area contributed by atoms with Crippen molar-refractivity contribution < 1.29 is 9.53 Å². The number of benzene rings is 3. The molecule has 0 aliphatic carbocycles. The second kappa shape index (κ2) is 13.2. The number of hydrogen-bond acceptors (Lipinski definition) is 5. The van der Waals surface area contributed by atoms with E-state index in [1.165, 1.54) is 0 Å². The summed E-state index contributed by atoms with van der Waals surface area (Å²) in [5.74, 6) is -0.0956. The van der Waals surface area contributed by atoms with Crippen LogP contribution in [0.15, 0.2) is 91.0 Å². The highest BCUT2D eigenvalue weighted by Gasteiger charge is 2.44. The highest BCUT2D eigenvalue weighted by atomic mass is 16.5. The van der Waals surface area contributed by atoms with E-state index in [9.17, 15) is 10.1 Å². The van der Waals surface area contributed by atoms with E-state index in [2.05, 4.69) is 54.3 Å². The monoisotopic (exact) mass is 497 g/mol. The second-order valence-corrected chi connectivity index (χ2v) is 9.78.